The van der Waals surface area contributed by atoms with Gasteiger partial charge in [-0.05, 0) is 37.6 Å². The Labute approximate surface area is 179 Å². The van der Waals surface area contributed by atoms with Crippen LogP contribution >= 0.6 is 22.9 Å². The summed E-state index contributed by atoms with van der Waals surface area (Å²) in [6.45, 7) is 6.01. The first kappa shape index (κ1) is 19.9. The SMILES string of the molecule is Cc1ccc(-c2c(C)sc3[nH+]c(C)cc(NS(=O)(=O)c4cccc(Cl)c4)c23)cc1. The Balaban J connectivity index is 1.91. The third kappa shape index (κ3) is 3.88. The molecule has 0 spiro atoms. The molecule has 0 aliphatic rings. The zero-order valence-electron chi connectivity index (χ0n) is 16.2. The molecule has 0 atom stereocenters. The maximum atomic E-state index is 13.0. The minimum absolute atomic E-state index is 0.132. The highest BCUT2D eigenvalue weighted by molar-refractivity contribution is 7.92. The molecule has 2 aromatic carbocycles. The molecular formula is C22H20ClN2O2S2+. The molecule has 148 valence electrons. The molecule has 4 aromatic rings. The number of aromatic nitrogens is 1. The summed E-state index contributed by atoms with van der Waals surface area (Å²) in [6, 6.07) is 16.3. The molecule has 0 unspecified atom stereocenters. The number of hydrogen-bond acceptors (Lipinski definition) is 3. The molecule has 29 heavy (non-hydrogen) atoms. The van der Waals surface area contributed by atoms with Crippen LogP contribution in [0.1, 0.15) is 16.1 Å². The van der Waals surface area contributed by atoms with Gasteiger partial charge in [-0.1, -0.05) is 58.8 Å². The monoisotopic (exact) mass is 443 g/mol. The number of nitrogens with one attached hydrogen (secondary N) is 2. The minimum atomic E-state index is -3.78. The van der Waals surface area contributed by atoms with Gasteiger partial charge in [-0.25, -0.2) is 8.42 Å². The lowest BCUT2D eigenvalue weighted by atomic mass is 10.0. The van der Waals surface area contributed by atoms with Crippen molar-refractivity contribution in [3.8, 4) is 11.1 Å². The van der Waals surface area contributed by atoms with E-state index in [1.54, 1.807) is 23.5 Å². The topological polar surface area (TPSA) is 60.3 Å². The predicted molar refractivity (Wildman–Crippen MR) is 120 cm³/mol. The maximum absolute atomic E-state index is 13.0. The van der Waals surface area contributed by atoms with Crippen molar-refractivity contribution in [2.45, 2.75) is 25.7 Å². The lowest BCUT2D eigenvalue weighted by Gasteiger charge is -2.11. The van der Waals surface area contributed by atoms with Crippen molar-refractivity contribution in [2.75, 3.05) is 4.72 Å². The molecule has 0 amide bonds. The number of benzene rings is 2. The fourth-order valence-corrected chi connectivity index (χ4v) is 5.90. The number of halogens is 1. The van der Waals surface area contributed by atoms with E-state index in [1.165, 1.54) is 17.7 Å². The van der Waals surface area contributed by atoms with Gasteiger partial charge in [0.15, 0.2) is 5.69 Å². The predicted octanol–water partition coefficient (Wildman–Crippen LogP) is 5.76. The summed E-state index contributed by atoms with van der Waals surface area (Å²) in [5.41, 5.74) is 4.69. The summed E-state index contributed by atoms with van der Waals surface area (Å²) in [5.74, 6) is 0. The van der Waals surface area contributed by atoms with Crippen LogP contribution in [0.3, 0.4) is 0 Å². The molecule has 4 rings (SSSR count). The molecule has 0 radical (unpaired) electrons. The van der Waals surface area contributed by atoms with E-state index in [4.69, 9.17) is 11.6 Å². The number of aryl methyl sites for hydroxylation is 3. The van der Waals surface area contributed by atoms with E-state index in [2.05, 4.69) is 40.9 Å². The van der Waals surface area contributed by atoms with Crippen molar-refractivity contribution in [1.82, 2.24) is 0 Å². The highest BCUT2D eigenvalue weighted by Crippen LogP contribution is 2.41. The van der Waals surface area contributed by atoms with Crippen molar-refractivity contribution in [2.24, 2.45) is 0 Å². The van der Waals surface area contributed by atoms with Crippen LogP contribution in [-0.2, 0) is 10.0 Å². The molecule has 0 saturated heterocycles. The zero-order valence-corrected chi connectivity index (χ0v) is 18.6. The average molecular weight is 444 g/mol. The third-order valence-corrected chi connectivity index (χ3v) is 7.34. The van der Waals surface area contributed by atoms with E-state index in [-0.39, 0.29) is 4.90 Å². The number of hydrogen-bond donors (Lipinski definition) is 1. The zero-order chi connectivity index (χ0) is 20.8. The first-order valence-electron chi connectivity index (χ1n) is 9.06. The molecule has 4 nitrogen and oxygen atoms in total. The van der Waals surface area contributed by atoms with Gasteiger partial charge in [-0.2, -0.15) is 4.98 Å². The quantitative estimate of drug-likeness (QED) is 0.435. The Kier molecular flexibility index (Phi) is 5.11. The van der Waals surface area contributed by atoms with E-state index in [0.717, 1.165) is 31.9 Å². The van der Waals surface area contributed by atoms with E-state index >= 15 is 0 Å². The van der Waals surface area contributed by atoms with Gasteiger partial charge >= 0.3 is 0 Å². The summed E-state index contributed by atoms with van der Waals surface area (Å²) in [4.78, 5) is 5.55. The highest BCUT2D eigenvalue weighted by Gasteiger charge is 2.24. The van der Waals surface area contributed by atoms with Crippen LogP contribution in [0.25, 0.3) is 21.3 Å². The molecule has 2 aromatic heterocycles. The lowest BCUT2D eigenvalue weighted by Crippen LogP contribution is -2.15. The summed E-state index contributed by atoms with van der Waals surface area (Å²) < 4.78 is 28.8. The van der Waals surface area contributed by atoms with Gasteiger partial charge in [-0.15, -0.1) is 0 Å². The van der Waals surface area contributed by atoms with Gasteiger partial charge in [0.1, 0.15) is 0 Å². The van der Waals surface area contributed by atoms with E-state index < -0.39 is 10.0 Å². The van der Waals surface area contributed by atoms with Gasteiger partial charge in [0.2, 0.25) is 0 Å². The minimum Gasteiger partial charge on any atom is -0.278 e. The van der Waals surface area contributed by atoms with Gasteiger partial charge < -0.3 is 0 Å². The van der Waals surface area contributed by atoms with Crippen LogP contribution in [0, 0.1) is 20.8 Å². The van der Waals surface area contributed by atoms with Crippen LogP contribution in [0.5, 0.6) is 0 Å². The van der Waals surface area contributed by atoms with Gasteiger partial charge in [-0.3, -0.25) is 4.72 Å². The Bertz CT molecular complexity index is 1330. The molecule has 7 heteroatoms. The molecular weight excluding hydrogens is 424 g/mol. The normalized spacial score (nSPS) is 11.7. The van der Waals surface area contributed by atoms with Gasteiger partial charge in [0, 0.05) is 28.5 Å². The molecule has 0 bridgehead atoms. The standard InChI is InChI=1S/C22H19ClN2O2S2/c1-13-7-9-16(10-8-13)20-15(3)28-22-21(20)19(11-14(2)24-22)25-29(26,27)18-6-4-5-17(23)12-18/h4-12H,1-3H3,(H,24,25)/p+1. The third-order valence-electron chi connectivity index (χ3n) is 4.72. The number of sulfonamides is 1. The van der Waals surface area contributed by atoms with Crippen LogP contribution < -0.4 is 9.71 Å². The molecule has 0 saturated carbocycles. The van der Waals surface area contributed by atoms with E-state index in [9.17, 15) is 8.42 Å². The van der Waals surface area contributed by atoms with Crippen molar-refractivity contribution < 1.29 is 13.4 Å². The van der Waals surface area contributed by atoms with Gasteiger partial charge in [0.05, 0.1) is 16.0 Å². The lowest BCUT2D eigenvalue weighted by molar-refractivity contribution is -0.351. The van der Waals surface area contributed by atoms with Crippen molar-refractivity contribution in [3.63, 3.8) is 0 Å². The number of thiophene rings is 1. The smallest absolute Gasteiger partial charge is 0.270 e. The fraction of sp³-hybridized carbons (Fsp3) is 0.136. The molecule has 0 aliphatic heterocycles. The maximum Gasteiger partial charge on any atom is 0.270 e. The Hall–Kier alpha value is -2.41. The molecule has 0 fully saturated rings. The summed E-state index contributed by atoms with van der Waals surface area (Å²) in [6.07, 6.45) is 0. The number of aromatic amines is 1. The second-order valence-corrected chi connectivity index (χ2v) is 10.4. The van der Waals surface area contributed by atoms with E-state index in [0.29, 0.717) is 10.7 Å². The Morgan fingerprint density at radius 1 is 1.00 bits per heavy atom. The Morgan fingerprint density at radius 2 is 1.72 bits per heavy atom. The highest BCUT2D eigenvalue weighted by atomic mass is 35.5. The van der Waals surface area contributed by atoms with Crippen LogP contribution in [0.4, 0.5) is 5.69 Å². The van der Waals surface area contributed by atoms with E-state index in [1.807, 2.05) is 19.9 Å². The van der Waals surface area contributed by atoms with Gasteiger partial charge in [0.25, 0.3) is 14.9 Å². The molecule has 2 heterocycles. The van der Waals surface area contributed by atoms with Crippen molar-refractivity contribution >= 4 is 48.9 Å². The van der Waals surface area contributed by atoms with Crippen LogP contribution in [0.15, 0.2) is 59.5 Å². The number of anilines is 1. The van der Waals surface area contributed by atoms with Crippen molar-refractivity contribution in [3.05, 3.63) is 75.8 Å². The Morgan fingerprint density at radius 3 is 2.41 bits per heavy atom. The summed E-state index contributed by atoms with van der Waals surface area (Å²) >= 11 is 7.62. The number of fused-ring (bicyclic) bond motifs is 1. The second kappa shape index (κ2) is 7.44. The van der Waals surface area contributed by atoms with Crippen LogP contribution in [0.2, 0.25) is 5.02 Å². The number of pyridine rings is 1. The fourth-order valence-electron chi connectivity index (χ4n) is 3.38. The summed E-state index contributed by atoms with van der Waals surface area (Å²) in [7, 11) is -3.78. The first-order chi connectivity index (χ1) is 13.7. The first-order valence-corrected chi connectivity index (χ1v) is 11.7. The molecule has 2 N–H and O–H groups in total. The summed E-state index contributed by atoms with van der Waals surface area (Å²) in [5, 5.41) is 1.25. The number of rotatable bonds is 4. The second-order valence-electron chi connectivity index (χ2n) is 7.03. The van der Waals surface area contributed by atoms with Crippen LogP contribution in [-0.4, -0.2) is 8.42 Å². The molecule has 0 aliphatic carbocycles. The average Bonchev–Trinajstić information content (AvgIpc) is 2.98. The van der Waals surface area contributed by atoms with Crippen molar-refractivity contribution in [1.29, 1.82) is 0 Å². The number of H-pyrrole nitrogens is 1. The largest absolute Gasteiger partial charge is 0.278 e.